The average Bonchev–Trinajstić information content (AvgIpc) is 2.72. The second-order valence-electron chi connectivity index (χ2n) is 4.37. The van der Waals surface area contributed by atoms with Crippen LogP contribution >= 0.6 is 0 Å². The summed E-state index contributed by atoms with van der Waals surface area (Å²) >= 11 is 0. The molecule has 18 heavy (non-hydrogen) atoms. The van der Waals surface area contributed by atoms with Gasteiger partial charge in [-0.3, -0.25) is 5.32 Å². The zero-order chi connectivity index (χ0) is 13.1. The highest BCUT2D eigenvalue weighted by molar-refractivity contribution is 5.83. The first kappa shape index (κ1) is 13.0. The quantitative estimate of drug-likeness (QED) is 0.790. The van der Waals surface area contributed by atoms with Gasteiger partial charge in [0.05, 0.1) is 0 Å². The first-order chi connectivity index (χ1) is 8.58. The van der Waals surface area contributed by atoms with Gasteiger partial charge in [0.2, 0.25) is 6.30 Å². The van der Waals surface area contributed by atoms with Crippen molar-refractivity contribution >= 4 is 10.9 Å². The summed E-state index contributed by atoms with van der Waals surface area (Å²) < 4.78 is 37.0. The highest BCUT2D eigenvalue weighted by atomic mass is 19.3. The number of H-pyrrole nitrogens is 1. The van der Waals surface area contributed by atoms with E-state index in [4.69, 9.17) is 0 Å². The lowest BCUT2D eigenvalue weighted by Crippen LogP contribution is -2.39. The minimum absolute atomic E-state index is 0.354. The number of aromatic amines is 1. The van der Waals surface area contributed by atoms with Gasteiger partial charge in [0, 0.05) is 23.1 Å². The summed E-state index contributed by atoms with van der Waals surface area (Å²) in [5.41, 5.74) is 1.98. The molecule has 0 aliphatic carbocycles. The summed E-state index contributed by atoms with van der Waals surface area (Å²) in [7, 11) is 0. The first-order valence-electron chi connectivity index (χ1n) is 5.81. The van der Waals surface area contributed by atoms with Crippen LogP contribution in [0.2, 0.25) is 0 Å². The number of alkyl halides is 3. The van der Waals surface area contributed by atoms with Gasteiger partial charge in [-0.15, -0.1) is 0 Å². The molecule has 0 fully saturated rings. The lowest BCUT2D eigenvalue weighted by molar-refractivity contribution is 0.0251. The van der Waals surface area contributed by atoms with E-state index in [0.29, 0.717) is 6.42 Å². The number of fused-ring (bicyclic) bond motifs is 1. The van der Waals surface area contributed by atoms with Crippen LogP contribution in [0.1, 0.15) is 12.5 Å². The van der Waals surface area contributed by atoms with Crippen molar-refractivity contribution in [3.63, 3.8) is 0 Å². The van der Waals surface area contributed by atoms with Gasteiger partial charge in [-0.1, -0.05) is 18.2 Å². The zero-order valence-electron chi connectivity index (χ0n) is 9.96. The standard InChI is InChI=1S/C13H15F3N2/c1-8(18-13(16)12(14)15)6-9-7-17-11-5-3-2-4-10(9)11/h2-5,7-8,12-13,17-18H,6H2,1H3. The van der Waals surface area contributed by atoms with Crippen molar-refractivity contribution in [3.05, 3.63) is 36.0 Å². The third-order valence-electron chi connectivity index (χ3n) is 2.87. The Kier molecular flexibility index (Phi) is 3.91. The third-order valence-corrected chi connectivity index (χ3v) is 2.87. The lowest BCUT2D eigenvalue weighted by atomic mass is 10.1. The van der Waals surface area contributed by atoms with Crippen molar-refractivity contribution < 1.29 is 13.2 Å². The van der Waals surface area contributed by atoms with Gasteiger partial charge < -0.3 is 4.98 Å². The number of nitrogens with one attached hydrogen (secondary N) is 2. The Bertz CT molecular complexity index is 510. The van der Waals surface area contributed by atoms with Crippen molar-refractivity contribution in [3.8, 4) is 0 Å². The molecule has 0 spiro atoms. The molecule has 2 aromatic rings. The first-order valence-corrected chi connectivity index (χ1v) is 5.81. The molecular formula is C13H15F3N2. The monoisotopic (exact) mass is 256 g/mol. The Labute approximate surface area is 103 Å². The van der Waals surface area contributed by atoms with Crippen LogP contribution in [0.3, 0.4) is 0 Å². The molecule has 0 bridgehead atoms. The van der Waals surface area contributed by atoms with Crippen LogP contribution in [0, 0.1) is 0 Å². The van der Waals surface area contributed by atoms with E-state index in [0.717, 1.165) is 16.5 Å². The normalized spacial score (nSPS) is 15.2. The predicted octanol–water partition coefficient (Wildman–Crippen LogP) is 3.25. The Balaban J connectivity index is 2.05. The minimum Gasteiger partial charge on any atom is -0.361 e. The molecule has 0 amide bonds. The summed E-state index contributed by atoms with van der Waals surface area (Å²) in [5, 5.41) is 3.29. The number of hydrogen-bond donors (Lipinski definition) is 2. The maximum atomic E-state index is 12.8. The van der Waals surface area contributed by atoms with E-state index in [1.807, 2.05) is 30.5 Å². The molecule has 0 radical (unpaired) electrons. The van der Waals surface area contributed by atoms with Crippen LogP contribution in [0.25, 0.3) is 10.9 Å². The molecule has 98 valence electrons. The summed E-state index contributed by atoms with van der Waals surface area (Å²) in [6.07, 6.45) is -2.93. The fourth-order valence-corrected chi connectivity index (χ4v) is 2.03. The number of rotatable bonds is 5. The molecule has 0 saturated heterocycles. The van der Waals surface area contributed by atoms with Gasteiger partial charge >= 0.3 is 0 Å². The van der Waals surface area contributed by atoms with E-state index in [2.05, 4.69) is 10.3 Å². The van der Waals surface area contributed by atoms with Crippen LogP contribution in [-0.2, 0) is 6.42 Å². The summed E-state index contributed by atoms with van der Waals surface area (Å²) in [6.45, 7) is 1.69. The highest BCUT2D eigenvalue weighted by Gasteiger charge is 2.21. The molecule has 1 heterocycles. The highest BCUT2D eigenvalue weighted by Crippen LogP contribution is 2.19. The molecule has 0 aliphatic rings. The molecule has 1 aromatic heterocycles. The van der Waals surface area contributed by atoms with E-state index in [9.17, 15) is 13.2 Å². The fourth-order valence-electron chi connectivity index (χ4n) is 2.03. The topological polar surface area (TPSA) is 27.8 Å². The molecule has 2 rings (SSSR count). The maximum Gasteiger partial charge on any atom is 0.282 e. The van der Waals surface area contributed by atoms with E-state index in [1.165, 1.54) is 0 Å². The number of aromatic nitrogens is 1. The number of hydrogen-bond acceptors (Lipinski definition) is 1. The van der Waals surface area contributed by atoms with Gasteiger partial charge in [0.1, 0.15) is 0 Å². The third kappa shape index (κ3) is 2.85. The van der Waals surface area contributed by atoms with Gasteiger partial charge in [-0.2, -0.15) is 0 Å². The molecule has 2 nitrogen and oxygen atoms in total. The van der Waals surface area contributed by atoms with Crippen LogP contribution in [0.4, 0.5) is 13.2 Å². The van der Waals surface area contributed by atoms with Gasteiger partial charge in [0.15, 0.2) is 0 Å². The van der Waals surface area contributed by atoms with Crippen LogP contribution in [0.15, 0.2) is 30.5 Å². The molecule has 0 saturated carbocycles. The molecular weight excluding hydrogens is 241 g/mol. The second kappa shape index (κ2) is 5.44. The van der Waals surface area contributed by atoms with E-state index >= 15 is 0 Å². The minimum atomic E-state index is -2.99. The Morgan fingerprint density at radius 2 is 1.94 bits per heavy atom. The lowest BCUT2D eigenvalue weighted by Gasteiger charge is -2.16. The van der Waals surface area contributed by atoms with Crippen molar-refractivity contribution in [1.82, 2.24) is 10.3 Å². The second-order valence-corrected chi connectivity index (χ2v) is 4.37. The van der Waals surface area contributed by atoms with Crippen molar-refractivity contribution in [2.45, 2.75) is 32.1 Å². The largest absolute Gasteiger partial charge is 0.361 e. The smallest absolute Gasteiger partial charge is 0.282 e. The summed E-state index contributed by atoms with van der Waals surface area (Å²) in [4.78, 5) is 3.10. The van der Waals surface area contributed by atoms with Crippen LogP contribution in [0.5, 0.6) is 0 Å². The molecule has 1 aromatic carbocycles. The van der Waals surface area contributed by atoms with Gasteiger partial charge in [-0.25, -0.2) is 13.2 Å². The number of para-hydroxylation sites is 1. The zero-order valence-corrected chi connectivity index (χ0v) is 9.96. The Hall–Kier alpha value is -1.49. The maximum absolute atomic E-state index is 12.8. The average molecular weight is 256 g/mol. The number of halogens is 3. The Morgan fingerprint density at radius 1 is 1.22 bits per heavy atom. The van der Waals surface area contributed by atoms with Gasteiger partial charge in [-0.05, 0) is 25.0 Å². The van der Waals surface area contributed by atoms with Crippen molar-refractivity contribution in [2.75, 3.05) is 0 Å². The molecule has 2 N–H and O–H groups in total. The van der Waals surface area contributed by atoms with Gasteiger partial charge in [0.25, 0.3) is 6.43 Å². The van der Waals surface area contributed by atoms with Crippen LogP contribution in [-0.4, -0.2) is 23.7 Å². The fraction of sp³-hybridized carbons (Fsp3) is 0.385. The molecule has 2 unspecified atom stereocenters. The molecule has 0 aliphatic heterocycles. The molecule has 2 atom stereocenters. The van der Waals surface area contributed by atoms with Crippen LogP contribution < -0.4 is 5.32 Å². The van der Waals surface area contributed by atoms with E-state index in [1.54, 1.807) is 6.92 Å². The number of benzene rings is 1. The van der Waals surface area contributed by atoms with Crippen molar-refractivity contribution in [1.29, 1.82) is 0 Å². The Morgan fingerprint density at radius 3 is 2.67 bits per heavy atom. The summed E-state index contributed by atoms with van der Waals surface area (Å²) in [6, 6.07) is 7.36. The van der Waals surface area contributed by atoms with Crippen molar-refractivity contribution in [2.24, 2.45) is 0 Å². The molecule has 5 heteroatoms. The predicted molar refractivity (Wildman–Crippen MR) is 65.5 cm³/mol. The van der Waals surface area contributed by atoms with E-state index < -0.39 is 12.7 Å². The van der Waals surface area contributed by atoms with E-state index in [-0.39, 0.29) is 6.04 Å². The SMILES string of the molecule is CC(Cc1c[nH]c2ccccc12)NC(F)C(F)F. The summed E-state index contributed by atoms with van der Waals surface area (Å²) in [5.74, 6) is 0.